The molecular formula is C19H20N2O3. The fourth-order valence-electron chi connectivity index (χ4n) is 2.77. The molecule has 1 heterocycles. The lowest BCUT2D eigenvalue weighted by atomic mass is 10.1. The van der Waals surface area contributed by atoms with E-state index >= 15 is 0 Å². The second-order valence-corrected chi connectivity index (χ2v) is 5.61. The van der Waals surface area contributed by atoms with Gasteiger partial charge in [-0.15, -0.1) is 0 Å². The third-order valence-electron chi connectivity index (χ3n) is 3.90. The molecule has 5 nitrogen and oxygen atoms in total. The largest absolute Gasteiger partial charge is 0.494 e. The summed E-state index contributed by atoms with van der Waals surface area (Å²) in [6.07, 6.45) is 1.43. The van der Waals surface area contributed by atoms with Gasteiger partial charge in [0.15, 0.2) is 0 Å². The normalized spacial score (nSPS) is 13.9. The van der Waals surface area contributed by atoms with Crippen LogP contribution >= 0.6 is 0 Å². The molecule has 24 heavy (non-hydrogen) atoms. The molecule has 0 atom stereocenters. The van der Waals surface area contributed by atoms with E-state index in [0.29, 0.717) is 36.6 Å². The standard InChI is InChI=1S/C19H20N2O3/c1-2-24-17-9-4-7-15(13-17)20-19(23)14-6-3-8-16(12-14)21-11-5-10-18(21)22/h3-4,6-9,12-13H,2,5,10-11H2,1H3,(H,20,23). The first-order valence-electron chi connectivity index (χ1n) is 8.12. The molecule has 0 saturated carbocycles. The van der Waals surface area contributed by atoms with Crippen LogP contribution in [0.3, 0.4) is 0 Å². The molecule has 0 radical (unpaired) electrons. The van der Waals surface area contributed by atoms with Crippen molar-refractivity contribution in [2.24, 2.45) is 0 Å². The Morgan fingerprint density at radius 1 is 1.21 bits per heavy atom. The first-order chi connectivity index (χ1) is 11.7. The van der Waals surface area contributed by atoms with E-state index in [1.54, 1.807) is 29.2 Å². The van der Waals surface area contributed by atoms with Crippen molar-refractivity contribution in [3.63, 3.8) is 0 Å². The van der Waals surface area contributed by atoms with Crippen LogP contribution in [0.5, 0.6) is 5.75 Å². The molecule has 0 aromatic heterocycles. The minimum atomic E-state index is -0.211. The van der Waals surface area contributed by atoms with Gasteiger partial charge in [0.1, 0.15) is 5.75 Å². The summed E-state index contributed by atoms with van der Waals surface area (Å²) < 4.78 is 5.44. The maximum Gasteiger partial charge on any atom is 0.255 e. The molecule has 2 aromatic rings. The van der Waals surface area contributed by atoms with E-state index in [-0.39, 0.29) is 11.8 Å². The topological polar surface area (TPSA) is 58.6 Å². The van der Waals surface area contributed by atoms with E-state index in [2.05, 4.69) is 5.32 Å². The Balaban J connectivity index is 1.75. The van der Waals surface area contributed by atoms with Crippen LogP contribution in [0.4, 0.5) is 11.4 Å². The lowest BCUT2D eigenvalue weighted by Crippen LogP contribution is -2.24. The molecule has 2 aromatic carbocycles. The monoisotopic (exact) mass is 324 g/mol. The SMILES string of the molecule is CCOc1cccc(NC(=O)c2cccc(N3CCCC3=O)c2)c1. The first kappa shape index (κ1) is 16.1. The van der Waals surface area contributed by atoms with Crippen molar-refractivity contribution in [1.82, 2.24) is 0 Å². The van der Waals surface area contributed by atoms with Gasteiger partial charge in [-0.25, -0.2) is 0 Å². The molecule has 5 heteroatoms. The highest BCUT2D eigenvalue weighted by molar-refractivity contribution is 6.05. The zero-order valence-electron chi connectivity index (χ0n) is 13.6. The van der Waals surface area contributed by atoms with Gasteiger partial charge in [0, 0.05) is 36.0 Å². The summed E-state index contributed by atoms with van der Waals surface area (Å²) >= 11 is 0. The number of carbonyl (C=O) groups is 2. The van der Waals surface area contributed by atoms with Crippen LogP contribution in [0.2, 0.25) is 0 Å². The van der Waals surface area contributed by atoms with Crippen LogP contribution < -0.4 is 15.0 Å². The molecule has 1 saturated heterocycles. The van der Waals surface area contributed by atoms with Crippen LogP contribution in [0, 0.1) is 0 Å². The Labute approximate surface area is 141 Å². The number of carbonyl (C=O) groups excluding carboxylic acids is 2. The minimum absolute atomic E-state index is 0.108. The van der Waals surface area contributed by atoms with E-state index in [1.807, 2.05) is 31.2 Å². The molecule has 124 valence electrons. The van der Waals surface area contributed by atoms with E-state index in [4.69, 9.17) is 4.74 Å². The van der Waals surface area contributed by atoms with Crippen LogP contribution in [0.1, 0.15) is 30.1 Å². The molecule has 3 rings (SSSR count). The molecule has 2 amide bonds. The third kappa shape index (κ3) is 3.56. The van der Waals surface area contributed by atoms with Crippen molar-refractivity contribution >= 4 is 23.2 Å². The van der Waals surface area contributed by atoms with Crippen molar-refractivity contribution in [2.45, 2.75) is 19.8 Å². The lowest BCUT2D eigenvalue weighted by molar-refractivity contribution is -0.117. The fraction of sp³-hybridized carbons (Fsp3) is 0.263. The molecule has 0 spiro atoms. The van der Waals surface area contributed by atoms with Crippen LogP contribution in [-0.4, -0.2) is 25.0 Å². The average Bonchev–Trinajstić information content (AvgIpc) is 3.02. The fourth-order valence-corrected chi connectivity index (χ4v) is 2.77. The second kappa shape index (κ2) is 7.17. The van der Waals surface area contributed by atoms with Gasteiger partial charge < -0.3 is 15.0 Å². The van der Waals surface area contributed by atoms with Crippen molar-refractivity contribution in [3.8, 4) is 5.75 Å². The van der Waals surface area contributed by atoms with E-state index in [1.165, 1.54) is 0 Å². The number of amides is 2. The summed E-state index contributed by atoms with van der Waals surface area (Å²) in [5, 5.41) is 2.86. The van der Waals surface area contributed by atoms with Crippen LogP contribution in [0.15, 0.2) is 48.5 Å². The van der Waals surface area contributed by atoms with E-state index in [9.17, 15) is 9.59 Å². The number of rotatable bonds is 5. The van der Waals surface area contributed by atoms with Gasteiger partial charge in [0.05, 0.1) is 6.61 Å². The highest BCUT2D eigenvalue weighted by Crippen LogP contribution is 2.23. The molecule has 0 unspecified atom stereocenters. The molecule has 1 N–H and O–H groups in total. The summed E-state index contributed by atoms with van der Waals surface area (Å²) in [4.78, 5) is 26.1. The predicted octanol–water partition coefficient (Wildman–Crippen LogP) is 3.46. The average molecular weight is 324 g/mol. The maximum atomic E-state index is 12.5. The number of benzene rings is 2. The molecule has 1 aliphatic rings. The maximum absolute atomic E-state index is 12.5. The predicted molar refractivity (Wildman–Crippen MR) is 93.6 cm³/mol. The zero-order valence-corrected chi connectivity index (χ0v) is 13.6. The van der Waals surface area contributed by atoms with Gasteiger partial charge in [-0.05, 0) is 43.7 Å². The van der Waals surface area contributed by atoms with Gasteiger partial charge in [-0.3, -0.25) is 9.59 Å². The van der Waals surface area contributed by atoms with Gasteiger partial charge >= 0.3 is 0 Å². The summed E-state index contributed by atoms with van der Waals surface area (Å²) in [7, 11) is 0. The van der Waals surface area contributed by atoms with Crippen molar-refractivity contribution in [1.29, 1.82) is 0 Å². The van der Waals surface area contributed by atoms with Crippen molar-refractivity contribution < 1.29 is 14.3 Å². The van der Waals surface area contributed by atoms with Crippen LogP contribution in [-0.2, 0) is 4.79 Å². The van der Waals surface area contributed by atoms with Crippen LogP contribution in [0.25, 0.3) is 0 Å². The van der Waals surface area contributed by atoms with Crippen molar-refractivity contribution in [3.05, 3.63) is 54.1 Å². The summed E-state index contributed by atoms with van der Waals surface area (Å²) in [6.45, 7) is 3.19. The Hall–Kier alpha value is -2.82. The van der Waals surface area contributed by atoms with Gasteiger partial charge in [-0.2, -0.15) is 0 Å². The lowest BCUT2D eigenvalue weighted by Gasteiger charge is -2.16. The summed E-state index contributed by atoms with van der Waals surface area (Å²) in [5.41, 5.74) is 1.97. The van der Waals surface area contributed by atoms with E-state index < -0.39 is 0 Å². The quantitative estimate of drug-likeness (QED) is 0.916. The number of hydrogen-bond donors (Lipinski definition) is 1. The Morgan fingerprint density at radius 3 is 2.79 bits per heavy atom. The summed E-state index contributed by atoms with van der Waals surface area (Å²) in [6, 6.07) is 14.4. The number of anilines is 2. The smallest absolute Gasteiger partial charge is 0.255 e. The Kier molecular flexibility index (Phi) is 4.79. The van der Waals surface area contributed by atoms with Gasteiger partial charge in [0.25, 0.3) is 5.91 Å². The molecule has 1 aliphatic heterocycles. The molecular weight excluding hydrogens is 304 g/mol. The first-order valence-corrected chi connectivity index (χ1v) is 8.12. The molecule has 0 aliphatic carbocycles. The zero-order chi connectivity index (χ0) is 16.9. The third-order valence-corrected chi connectivity index (χ3v) is 3.90. The van der Waals surface area contributed by atoms with Gasteiger partial charge in [-0.1, -0.05) is 12.1 Å². The highest BCUT2D eigenvalue weighted by atomic mass is 16.5. The minimum Gasteiger partial charge on any atom is -0.494 e. The number of nitrogens with zero attached hydrogens (tertiary/aromatic N) is 1. The van der Waals surface area contributed by atoms with Crippen molar-refractivity contribution in [2.75, 3.05) is 23.4 Å². The van der Waals surface area contributed by atoms with E-state index in [0.717, 1.165) is 12.1 Å². The number of ether oxygens (including phenoxy) is 1. The highest BCUT2D eigenvalue weighted by Gasteiger charge is 2.22. The van der Waals surface area contributed by atoms with Gasteiger partial charge in [0.2, 0.25) is 5.91 Å². The number of nitrogens with one attached hydrogen (secondary N) is 1. The second-order valence-electron chi connectivity index (χ2n) is 5.61. The Morgan fingerprint density at radius 2 is 2.04 bits per heavy atom. The Bertz CT molecular complexity index is 758. The summed E-state index contributed by atoms with van der Waals surface area (Å²) in [5.74, 6) is 0.612. The molecule has 0 bridgehead atoms. The number of hydrogen-bond acceptors (Lipinski definition) is 3. The molecule has 1 fully saturated rings.